The third-order valence-corrected chi connectivity index (χ3v) is 1.74. The number of aryl methyl sites for hydroxylation is 1. The van der Waals surface area contributed by atoms with Crippen molar-refractivity contribution in [1.82, 2.24) is 4.98 Å². The standard InChI is InChI=1S/C10H14N2O/c1-8-9(4-3-7-11)5-6-10(12-8)13-2/h3-6H,7,11H2,1-2H3. The number of nitrogens with two attached hydrogens (primary N) is 1. The third kappa shape index (κ3) is 2.56. The van der Waals surface area contributed by atoms with Crippen LogP contribution in [0.1, 0.15) is 11.3 Å². The molecule has 0 fully saturated rings. The van der Waals surface area contributed by atoms with Gasteiger partial charge in [0.25, 0.3) is 0 Å². The van der Waals surface area contributed by atoms with E-state index in [-0.39, 0.29) is 0 Å². The maximum absolute atomic E-state index is 5.35. The molecule has 0 radical (unpaired) electrons. The minimum Gasteiger partial charge on any atom is -0.481 e. The van der Waals surface area contributed by atoms with Crippen LogP contribution in [0.2, 0.25) is 0 Å². The van der Waals surface area contributed by atoms with Crippen LogP contribution in [-0.4, -0.2) is 18.6 Å². The molecule has 0 aromatic carbocycles. The molecule has 0 spiro atoms. The Hall–Kier alpha value is -1.35. The van der Waals surface area contributed by atoms with E-state index in [4.69, 9.17) is 10.5 Å². The van der Waals surface area contributed by atoms with E-state index in [1.54, 1.807) is 7.11 Å². The lowest BCUT2D eigenvalue weighted by atomic mass is 10.2. The molecule has 1 rings (SSSR count). The lowest BCUT2D eigenvalue weighted by Crippen LogP contribution is -1.94. The molecule has 0 unspecified atom stereocenters. The topological polar surface area (TPSA) is 48.1 Å². The van der Waals surface area contributed by atoms with E-state index in [0.717, 1.165) is 11.3 Å². The van der Waals surface area contributed by atoms with E-state index in [1.165, 1.54) is 0 Å². The van der Waals surface area contributed by atoms with Gasteiger partial charge in [-0.2, -0.15) is 0 Å². The molecule has 1 aromatic heterocycles. The van der Waals surface area contributed by atoms with Crippen molar-refractivity contribution in [2.24, 2.45) is 5.73 Å². The van der Waals surface area contributed by atoms with Crippen molar-refractivity contribution in [2.45, 2.75) is 6.92 Å². The molecule has 0 aliphatic carbocycles. The van der Waals surface area contributed by atoms with Crippen LogP contribution in [0.4, 0.5) is 0 Å². The lowest BCUT2D eigenvalue weighted by Gasteiger charge is -2.02. The van der Waals surface area contributed by atoms with Crippen LogP contribution in [0.5, 0.6) is 5.88 Å². The van der Waals surface area contributed by atoms with Gasteiger partial charge in [0.15, 0.2) is 0 Å². The molecule has 0 aliphatic heterocycles. The van der Waals surface area contributed by atoms with Crippen LogP contribution in [0.15, 0.2) is 18.2 Å². The Morgan fingerprint density at radius 1 is 1.54 bits per heavy atom. The molecule has 3 nitrogen and oxygen atoms in total. The Labute approximate surface area is 78.2 Å². The average Bonchev–Trinajstić information content (AvgIpc) is 2.16. The molecule has 0 atom stereocenters. The van der Waals surface area contributed by atoms with Gasteiger partial charge in [-0.3, -0.25) is 0 Å². The van der Waals surface area contributed by atoms with Crippen LogP contribution >= 0.6 is 0 Å². The Morgan fingerprint density at radius 3 is 2.85 bits per heavy atom. The van der Waals surface area contributed by atoms with E-state index in [0.29, 0.717) is 12.4 Å². The summed E-state index contributed by atoms with van der Waals surface area (Å²) in [6.07, 6.45) is 3.86. The second-order valence-corrected chi connectivity index (χ2v) is 2.67. The van der Waals surface area contributed by atoms with Crippen molar-refractivity contribution in [3.05, 3.63) is 29.5 Å². The molecule has 1 heterocycles. The van der Waals surface area contributed by atoms with E-state index in [9.17, 15) is 0 Å². The minimum absolute atomic E-state index is 0.547. The van der Waals surface area contributed by atoms with Gasteiger partial charge in [-0.25, -0.2) is 4.98 Å². The van der Waals surface area contributed by atoms with Crippen molar-refractivity contribution < 1.29 is 4.74 Å². The first-order chi connectivity index (χ1) is 6.27. The lowest BCUT2D eigenvalue weighted by molar-refractivity contribution is 0.397. The molecule has 2 N–H and O–H groups in total. The summed E-state index contributed by atoms with van der Waals surface area (Å²) < 4.78 is 4.99. The fourth-order valence-electron chi connectivity index (χ4n) is 1.03. The molecular formula is C10H14N2O. The summed E-state index contributed by atoms with van der Waals surface area (Å²) in [6, 6.07) is 3.80. The van der Waals surface area contributed by atoms with Gasteiger partial charge >= 0.3 is 0 Å². The first-order valence-corrected chi connectivity index (χ1v) is 4.16. The van der Waals surface area contributed by atoms with Gasteiger partial charge in [0.1, 0.15) is 0 Å². The molecular weight excluding hydrogens is 164 g/mol. The third-order valence-electron chi connectivity index (χ3n) is 1.74. The number of nitrogens with zero attached hydrogens (tertiary/aromatic N) is 1. The molecule has 0 aliphatic rings. The first kappa shape index (κ1) is 9.74. The van der Waals surface area contributed by atoms with Gasteiger partial charge in [-0.1, -0.05) is 12.2 Å². The number of hydrogen-bond donors (Lipinski definition) is 1. The molecule has 0 saturated heterocycles. The Morgan fingerprint density at radius 2 is 2.31 bits per heavy atom. The highest BCUT2D eigenvalue weighted by atomic mass is 16.5. The van der Waals surface area contributed by atoms with Crippen molar-refractivity contribution in [3.8, 4) is 5.88 Å². The molecule has 0 saturated carbocycles. The summed E-state index contributed by atoms with van der Waals surface area (Å²) in [5, 5.41) is 0. The van der Waals surface area contributed by atoms with Crippen LogP contribution in [0.3, 0.4) is 0 Å². The molecule has 3 heteroatoms. The zero-order valence-corrected chi connectivity index (χ0v) is 7.95. The van der Waals surface area contributed by atoms with Crippen LogP contribution in [-0.2, 0) is 0 Å². The zero-order chi connectivity index (χ0) is 9.68. The Balaban J connectivity index is 2.91. The molecule has 1 aromatic rings. The summed E-state index contributed by atoms with van der Waals surface area (Å²) in [6.45, 7) is 2.49. The molecule has 13 heavy (non-hydrogen) atoms. The van der Waals surface area contributed by atoms with Gasteiger partial charge < -0.3 is 10.5 Å². The number of rotatable bonds is 3. The fraction of sp³-hybridized carbons (Fsp3) is 0.300. The maximum atomic E-state index is 5.35. The second-order valence-electron chi connectivity index (χ2n) is 2.67. The number of pyridine rings is 1. The summed E-state index contributed by atoms with van der Waals surface area (Å²) >= 11 is 0. The average molecular weight is 178 g/mol. The molecule has 0 bridgehead atoms. The van der Waals surface area contributed by atoms with Gasteiger partial charge in [0, 0.05) is 18.3 Å². The predicted molar refractivity (Wildman–Crippen MR) is 53.6 cm³/mol. The fourth-order valence-corrected chi connectivity index (χ4v) is 1.03. The highest BCUT2D eigenvalue weighted by molar-refractivity contribution is 5.52. The van der Waals surface area contributed by atoms with Crippen molar-refractivity contribution >= 4 is 6.08 Å². The van der Waals surface area contributed by atoms with Crippen LogP contribution < -0.4 is 10.5 Å². The summed E-state index contributed by atoms with van der Waals surface area (Å²) in [5.74, 6) is 0.641. The predicted octanol–water partition coefficient (Wildman–Crippen LogP) is 1.37. The summed E-state index contributed by atoms with van der Waals surface area (Å²) in [7, 11) is 1.61. The normalized spacial score (nSPS) is 10.7. The second kappa shape index (κ2) is 4.62. The Bertz CT molecular complexity index is 308. The number of aromatic nitrogens is 1. The van der Waals surface area contributed by atoms with Gasteiger partial charge in [-0.05, 0) is 18.6 Å². The van der Waals surface area contributed by atoms with Crippen LogP contribution in [0.25, 0.3) is 6.08 Å². The van der Waals surface area contributed by atoms with E-state index in [2.05, 4.69) is 4.98 Å². The van der Waals surface area contributed by atoms with Crippen LogP contribution in [0, 0.1) is 6.92 Å². The molecule has 70 valence electrons. The summed E-state index contributed by atoms with van der Waals surface area (Å²) in [4.78, 5) is 4.23. The van der Waals surface area contributed by atoms with Crippen molar-refractivity contribution in [2.75, 3.05) is 13.7 Å². The number of hydrogen-bond acceptors (Lipinski definition) is 3. The van der Waals surface area contributed by atoms with Gasteiger partial charge in [-0.15, -0.1) is 0 Å². The van der Waals surface area contributed by atoms with E-state index in [1.807, 2.05) is 31.2 Å². The molecule has 0 amide bonds. The van der Waals surface area contributed by atoms with Crippen molar-refractivity contribution in [3.63, 3.8) is 0 Å². The maximum Gasteiger partial charge on any atom is 0.213 e. The number of methoxy groups -OCH3 is 1. The summed E-state index contributed by atoms with van der Waals surface area (Å²) in [5.41, 5.74) is 7.37. The minimum atomic E-state index is 0.547. The monoisotopic (exact) mass is 178 g/mol. The number of ether oxygens (including phenoxy) is 1. The van der Waals surface area contributed by atoms with E-state index < -0.39 is 0 Å². The Kier molecular flexibility index (Phi) is 3.46. The van der Waals surface area contributed by atoms with Gasteiger partial charge in [0.05, 0.1) is 7.11 Å². The highest BCUT2D eigenvalue weighted by Crippen LogP contribution is 2.12. The largest absolute Gasteiger partial charge is 0.481 e. The van der Waals surface area contributed by atoms with E-state index >= 15 is 0 Å². The first-order valence-electron chi connectivity index (χ1n) is 4.16. The SMILES string of the molecule is COc1ccc(C=CCN)c(C)n1. The van der Waals surface area contributed by atoms with Crippen molar-refractivity contribution in [1.29, 1.82) is 0 Å². The highest BCUT2D eigenvalue weighted by Gasteiger charge is 1.97. The zero-order valence-electron chi connectivity index (χ0n) is 7.95. The van der Waals surface area contributed by atoms with Gasteiger partial charge in [0.2, 0.25) is 5.88 Å². The smallest absolute Gasteiger partial charge is 0.213 e. The quantitative estimate of drug-likeness (QED) is 0.760.